The Morgan fingerprint density at radius 1 is 1.22 bits per heavy atom. The van der Waals surface area contributed by atoms with Crippen molar-refractivity contribution in [3.63, 3.8) is 0 Å². The van der Waals surface area contributed by atoms with E-state index in [1.54, 1.807) is 14.2 Å². The summed E-state index contributed by atoms with van der Waals surface area (Å²) >= 11 is 0. The Morgan fingerprint density at radius 2 is 1.94 bits per heavy atom. The van der Waals surface area contributed by atoms with Crippen molar-refractivity contribution in [3.8, 4) is 11.5 Å². The molecule has 0 aliphatic rings. The predicted octanol–water partition coefficient (Wildman–Crippen LogP) is 2.22. The van der Waals surface area contributed by atoms with E-state index < -0.39 is 0 Å². The van der Waals surface area contributed by atoms with Crippen LogP contribution in [-0.2, 0) is 13.6 Å². The van der Waals surface area contributed by atoms with Crippen molar-refractivity contribution in [3.05, 3.63) is 23.4 Å². The SMILES string of the molecule is CNCc1c(C)n(C)c2c(OC)cc(OC)cc12. The second kappa shape index (κ2) is 4.90. The number of hydrogen-bond acceptors (Lipinski definition) is 3. The Morgan fingerprint density at radius 3 is 2.50 bits per heavy atom. The van der Waals surface area contributed by atoms with Gasteiger partial charge in [-0.15, -0.1) is 0 Å². The molecule has 0 fully saturated rings. The second-order valence-corrected chi connectivity index (χ2v) is 4.38. The summed E-state index contributed by atoms with van der Waals surface area (Å²) in [6, 6.07) is 3.99. The van der Waals surface area contributed by atoms with Crippen LogP contribution in [0.25, 0.3) is 10.9 Å². The van der Waals surface area contributed by atoms with Crippen molar-refractivity contribution >= 4 is 10.9 Å². The number of aromatic nitrogens is 1. The van der Waals surface area contributed by atoms with Gasteiger partial charge in [0.1, 0.15) is 11.5 Å². The van der Waals surface area contributed by atoms with Gasteiger partial charge in [-0.05, 0) is 25.6 Å². The lowest BCUT2D eigenvalue weighted by molar-refractivity contribution is 0.397. The molecule has 2 aromatic rings. The van der Waals surface area contributed by atoms with Crippen LogP contribution in [0.1, 0.15) is 11.3 Å². The van der Waals surface area contributed by atoms with Gasteiger partial charge in [-0.1, -0.05) is 0 Å². The molecule has 4 heteroatoms. The number of nitrogens with one attached hydrogen (secondary N) is 1. The molecule has 0 aliphatic heterocycles. The first-order chi connectivity index (χ1) is 8.63. The summed E-state index contributed by atoms with van der Waals surface area (Å²) in [5.41, 5.74) is 3.64. The molecule has 0 saturated heterocycles. The Labute approximate surface area is 107 Å². The topological polar surface area (TPSA) is 35.4 Å². The zero-order valence-corrected chi connectivity index (χ0v) is 11.6. The van der Waals surface area contributed by atoms with Crippen molar-refractivity contribution in [2.75, 3.05) is 21.3 Å². The molecule has 1 aromatic carbocycles. The molecule has 0 atom stereocenters. The quantitative estimate of drug-likeness (QED) is 0.901. The van der Waals surface area contributed by atoms with Crippen molar-refractivity contribution in [1.82, 2.24) is 9.88 Å². The zero-order valence-electron chi connectivity index (χ0n) is 11.6. The first-order valence-electron chi connectivity index (χ1n) is 5.98. The third-order valence-electron chi connectivity index (χ3n) is 3.46. The van der Waals surface area contributed by atoms with Gasteiger partial charge in [-0.3, -0.25) is 0 Å². The predicted molar refractivity (Wildman–Crippen MR) is 73.5 cm³/mol. The molecular formula is C14H20N2O2. The molecule has 2 rings (SSSR count). The third kappa shape index (κ3) is 1.82. The van der Waals surface area contributed by atoms with Crippen molar-refractivity contribution in [2.24, 2.45) is 7.05 Å². The molecule has 1 heterocycles. The van der Waals surface area contributed by atoms with Crippen LogP contribution in [0.3, 0.4) is 0 Å². The fraction of sp³-hybridized carbons (Fsp3) is 0.429. The van der Waals surface area contributed by atoms with Gasteiger partial charge in [0.25, 0.3) is 0 Å². The number of hydrogen-bond donors (Lipinski definition) is 1. The Balaban J connectivity index is 2.81. The number of aryl methyl sites for hydroxylation is 1. The highest BCUT2D eigenvalue weighted by atomic mass is 16.5. The maximum absolute atomic E-state index is 5.48. The van der Waals surface area contributed by atoms with Crippen LogP contribution < -0.4 is 14.8 Å². The van der Waals surface area contributed by atoms with Crippen LogP contribution in [0.2, 0.25) is 0 Å². The van der Waals surface area contributed by atoms with Crippen LogP contribution in [0.5, 0.6) is 11.5 Å². The lowest BCUT2D eigenvalue weighted by atomic mass is 10.1. The van der Waals surface area contributed by atoms with Crippen molar-refractivity contribution in [1.29, 1.82) is 0 Å². The van der Waals surface area contributed by atoms with Crippen LogP contribution in [0.4, 0.5) is 0 Å². The second-order valence-electron chi connectivity index (χ2n) is 4.38. The van der Waals surface area contributed by atoms with Gasteiger partial charge in [0, 0.05) is 30.7 Å². The normalized spacial score (nSPS) is 10.9. The summed E-state index contributed by atoms with van der Waals surface area (Å²) in [6.07, 6.45) is 0. The van der Waals surface area contributed by atoms with Gasteiger partial charge in [-0.2, -0.15) is 0 Å². The van der Waals surface area contributed by atoms with Crippen LogP contribution >= 0.6 is 0 Å². The number of methoxy groups -OCH3 is 2. The summed E-state index contributed by atoms with van der Waals surface area (Å²) < 4.78 is 13.0. The molecular weight excluding hydrogens is 228 g/mol. The van der Waals surface area contributed by atoms with E-state index in [0.29, 0.717) is 0 Å². The smallest absolute Gasteiger partial charge is 0.146 e. The van der Waals surface area contributed by atoms with Gasteiger partial charge < -0.3 is 19.4 Å². The van der Waals surface area contributed by atoms with E-state index in [1.807, 2.05) is 13.1 Å². The number of nitrogens with zero attached hydrogens (tertiary/aromatic N) is 1. The van der Waals surface area contributed by atoms with E-state index >= 15 is 0 Å². The summed E-state index contributed by atoms with van der Waals surface area (Å²) in [7, 11) is 7.38. The molecule has 0 saturated carbocycles. The van der Waals surface area contributed by atoms with Crippen molar-refractivity contribution < 1.29 is 9.47 Å². The maximum atomic E-state index is 5.48. The Bertz CT molecular complexity index is 573. The molecule has 0 amide bonds. The number of ether oxygens (including phenoxy) is 2. The molecule has 1 N–H and O–H groups in total. The molecule has 0 spiro atoms. The zero-order chi connectivity index (χ0) is 13.3. The summed E-state index contributed by atoms with van der Waals surface area (Å²) in [4.78, 5) is 0. The Kier molecular flexibility index (Phi) is 3.48. The minimum atomic E-state index is 0.822. The van der Waals surface area contributed by atoms with Crippen LogP contribution in [0, 0.1) is 6.92 Å². The minimum Gasteiger partial charge on any atom is -0.497 e. The first kappa shape index (κ1) is 12.8. The Hall–Kier alpha value is -1.68. The molecule has 4 nitrogen and oxygen atoms in total. The van der Waals surface area contributed by atoms with E-state index in [0.717, 1.165) is 23.6 Å². The largest absolute Gasteiger partial charge is 0.497 e. The average Bonchev–Trinajstić information content (AvgIpc) is 2.63. The van der Waals surface area contributed by atoms with Gasteiger partial charge in [0.15, 0.2) is 0 Å². The number of fused-ring (bicyclic) bond motifs is 1. The summed E-state index contributed by atoms with van der Waals surface area (Å²) in [5.74, 6) is 1.67. The molecule has 0 bridgehead atoms. The number of benzene rings is 1. The van der Waals surface area contributed by atoms with Crippen LogP contribution in [-0.4, -0.2) is 25.8 Å². The molecule has 1 aromatic heterocycles. The van der Waals surface area contributed by atoms with E-state index in [9.17, 15) is 0 Å². The van der Waals surface area contributed by atoms with Gasteiger partial charge in [-0.25, -0.2) is 0 Å². The molecule has 18 heavy (non-hydrogen) atoms. The third-order valence-corrected chi connectivity index (χ3v) is 3.46. The molecule has 0 unspecified atom stereocenters. The minimum absolute atomic E-state index is 0.822. The number of rotatable bonds is 4. The van der Waals surface area contributed by atoms with Gasteiger partial charge in [0.2, 0.25) is 0 Å². The highest BCUT2D eigenvalue weighted by molar-refractivity contribution is 5.91. The van der Waals surface area contributed by atoms with E-state index in [1.165, 1.54) is 16.6 Å². The fourth-order valence-corrected chi connectivity index (χ4v) is 2.40. The van der Waals surface area contributed by atoms with Crippen molar-refractivity contribution in [2.45, 2.75) is 13.5 Å². The average molecular weight is 248 g/mol. The highest BCUT2D eigenvalue weighted by Gasteiger charge is 2.16. The lowest BCUT2D eigenvalue weighted by Gasteiger charge is -2.08. The highest BCUT2D eigenvalue weighted by Crippen LogP contribution is 2.35. The summed E-state index contributed by atoms with van der Waals surface area (Å²) in [6.45, 7) is 2.96. The van der Waals surface area contributed by atoms with E-state index in [4.69, 9.17) is 9.47 Å². The monoisotopic (exact) mass is 248 g/mol. The fourth-order valence-electron chi connectivity index (χ4n) is 2.40. The molecule has 0 radical (unpaired) electrons. The van der Waals surface area contributed by atoms with Crippen LogP contribution in [0.15, 0.2) is 12.1 Å². The lowest BCUT2D eigenvalue weighted by Crippen LogP contribution is -2.06. The maximum Gasteiger partial charge on any atom is 0.146 e. The van der Waals surface area contributed by atoms with Gasteiger partial charge >= 0.3 is 0 Å². The standard InChI is InChI=1S/C14H20N2O2/c1-9-12(8-15-2)11-6-10(17-4)7-13(18-5)14(11)16(9)3/h6-7,15H,8H2,1-5H3. The van der Waals surface area contributed by atoms with E-state index in [-0.39, 0.29) is 0 Å². The molecule has 0 aliphatic carbocycles. The first-order valence-corrected chi connectivity index (χ1v) is 5.98. The van der Waals surface area contributed by atoms with E-state index in [2.05, 4.69) is 29.9 Å². The molecule has 98 valence electrons. The van der Waals surface area contributed by atoms with Gasteiger partial charge in [0.05, 0.1) is 19.7 Å². The summed E-state index contributed by atoms with van der Waals surface area (Å²) in [5, 5.41) is 4.39.